The van der Waals surface area contributed by atoms with E-state index in [9.17, 15) is 4.79 Å². The van der Waals surface area contributed by atoms with Gasteiger partial charge in [0, 0.05) is 29.7 Å². The van der Waals surface area contributed by atoms with Crippen LogP contribution in [0.4, 0.5) is 0 Å². The van der Waals surface area contributed by atoms with Crippen LogP contribution in [0.2, 0.25) is 10.0 Å². The molecule has 0 radical (unpaired) electrons. The summed E-state index contributed by atoms with van der Waals surface area (Å²) in [6, 6.07) is 14.3. The SMILES string of the molecule is O=C([C@@H](Oc1cc(Cl)ccc1Cl)c1ccccc1)N1CCOCC1. The van der Waals surface area contributed by atoms with Gasteiger partial charge in [0.25, 0.3) is 5.91 Å². The second kappa shape index (κ2) is 7.88. The number of amides is 1. The van der Waals surface area contributed by atoms with Gasteiger partial charge in [-0.15, -0.1) is 0 Å². The van der Waals surface area contributed by atoms with Crippen LogP contribution in [0.25, 0.3) is 0 Å². The largest absolute Gasteiger partial charge is 0.474 e. The highest BCUT2D eigenvalue weighted by molar-refractivity contribution is 6.34. The molecule has 1 amide bonds. The molecule has 2 aromatic carbocycles. The van der Waals surface area contributed by atoms with Crippen LogP contribution in [-0.2, 0) is 9.53 Å². The molecule has 2 aromatic rings. The number of ether oxygens (including phenoxy) is 2. The Kier molecular flexibility index (Phi) is 5.61. The molecule has 24 heavy (non-hydrogen) atoms. The molecule has 4 nitrogen and oxygen atoms in total. The van der Waals surface area contributed by atoms with Crippen molar-refractivity contribution in [3.8, 4) is 5.75 Å². The van der Waals surface area contributed by atoms with E-state index in [1.165, 1.54) is 0 Å². The Bertz CT molecular complexity index is 703. The zero-order chi connectivity index (χ0) is 16.9. The van der Waals surface area contributed by atoms with Gasteiger partial charge in [-0.2, -0.15) is 0 Å². The van der Waals surface area contributed by atoms with Crippen molar-refractivity contribution in [3.63, 3.8) is 0 Å². The Morgan fingerprint density at radius 1 is 1.08 bits per heavy atom. The van der Waals surface area contributed by atoms with Gasteiger partial charge in [0.2, 0.25) is 6.10 Å². The topological polar surface area (TPSA) is 38.8 Å². The molecule has 3 rings (SSSR count). The zero-order valence-corrected chi connectivity index (χ0v) is 14.5. The van der Waals surface area contributed by atoms with Crippen molar-refractivity contribution in [3.05, 3.63) is 64.1 Å². The first-order valence-corrected chi connectivity index (χ1v) is 8.44. The van der Waals surface area contributed by atoms with Crippen LogP contribution in [0, 0.1) is 0 Å². The molecule has 0 unspecified atom stereocenters. The van der Waals surface area contributed by atoms with E-state index >= 15 is 0 Å². The number of hydrogen-bond acceptors (Lipinski definition) is 3. The summed E-state index contributed by atoms with van der Waals surface area (Å²) in [5, 5.41) is 0.912. The molecule has 1 atom stereocenters. The van der Waals surface area contributed by atoms with Gasteiger partial charge in [-0.1, -0.05) is 53.5 Å². The van der Waals surface area contributed by atoms with E-state index in [1.807, 2.05) is 30.3 Å². The first kappa shape index (κ1) is 17.1. The van der Waals surface area contributed by atoms with Crippen molar-refractivity contribution in [1.82, 2.24) is 4.90 Å². The third-order valence-electron chi connectivity index (χ3n) is 3.79. The van der Waals surface area contributed by atoms with Crippen LogP contribution < -0.4 is 4.74 Å². The average Bonchev–Trinajstić information content (AvgIpc) is 2.63. The van der Waals surface area contributed by atoms with Crippen molar-refractivity contribution in [2.75, 3.05) is 26.3 Å². The fraction of sp³-hybridized carbons (Fsp3) is 0.278. The lowest BCUT2D eigenvalue weighted by atomic mass is 10.1. The monoisotopic (exact) mass is 365 g/mol. The maximum atomic E-state index is 13.0. The maximum Gasteiger partial charge on any atom is 0.268 e. The average molecular weight is 366 g/mol. The molecule has 1 fully saturated rings. The number of carbonyl (C=O) groups excluding carboxylic acids is 1. The van der Waals surface area contributed by atoms with E-state index in [1.54, 1.807) is 23.1 Å². The van der Waals surface area contributed by atoms with E-state index in [2.05, 4.69) is 0 Å². The van der Waals surface area contributed by atoms with Crippen molar-refractivity contribution in [2.24, 2.45) is 0 Å². The van der Waals surface area contributed by atoms with Crippen LogP contribution >= 0.6 is 23.2 Å². The Balaban J connectivity index is 1.90. The summed E-state index contributed by atoms with van der Waals surface area (Å²) in [7, 11) is 0. The first-order chi connectivity index (χ1) is 11.6. The van der Waals surface area contributed by atoms with Gasteiger partial charge in [-0.25, -0.2) is 0 Å². The molecule has 0 saturated carbocycles. The Morgan fingerprint density at radius 2 is 1.79 bits per heavy atom. The van der Waals surface area contributed by atoms with Crippen LogP contribution in [-0.4, -0.2) is 37.1 Å². The highest BCUT2D eigenvalue weighted by Crippen LogP contribution is 2.32. The van der Waals surface area contributed by atoms with Gasteiger partial charge < -0.3 is 14.4 Å². The molecule has 0 N–H and O–H groups in total. The number of morpholine rings is 1. The molecule has 6 heteroatoms. The van der Waals surface area contributed by atoms with E-state index < -0.39 is 6.10 Å². The summed E-state index contributed by atoms with van der Waals surface area (Å²) in [5.41, 5.74) is 0.769. The number of rotatable bonds is 4. The van der Waals surface area contributed by atoms with Gasteiger partial charge in [-0.3, -0.25) is 4.79 Å². The van der Waals surface area contributed by atoms with Crippen LogP contribution in [0.5, 0.6) is 5.75 Å². The Hall–Kier alpha value is -1.75. The van der Waals surface area contributed by atoms with E-state index in [0.29, 0.717) is 42.1 Å². The van der Waals surface area contributed by atoms with Crippen molar-refractivity contribution in [1.29, 1.82) is 0 Å². The van der Waals surface area contributed by atoms with Gasteiger partial charge in [0.05, 0.1) is 18.2 Å². The number of benzene rings is 2. The lowest BCUT2D eigenvalue weighted by Crippen LogP contribution is -2.44. The first-order valence-electron chi connectivity index (χ1n) is 7.68. The molecule has 1 heterocycles. The highest BCUT2D eigenvalue weighted by atomic mass is 35.5. The number of nitrogens with zero attached hydrogens (tertiary/aromatic N) is 1. The molecular formula is C18H17Cl2NO3. The number of halogens is 2. The predicted octanol–water partition coefficient (Wildman–Crippen LogP) is 3.97. The zero-order valence-electron chi connectivity index (χ0n) is 13.0. The van der Waals surface area contributed by atoms with E-state index in [-0.39, 0.29) is 5.91 Å². The van der Waals surface area contributed by atoms with Crippen LogP contribution in [0.15, 0.2) is 48.5 Å². The fourth-order valence-corrected chi connectivity index (χ4v) is 2.86. The van der Waals surface area contributed by atoms with Gasteiger partial charge in [0.15, 0.2) is 0 Å². The third-order valence-corrected chi connectivity index (χ3v) is 4.33. The van der Waals surface area contributed by atoms with Crippen molar-refractivity contribution in [2.45, 2.75) is 6.10 Å². The number of carbonyl (C=O) groups is 1. The second-order valence-corrected chi connectivity index (χ2v) is 6.26. The van der Waals surface area contributed by atoms with Gasteiger partial charge >= 0.3 is 0 Å². The lowest BCUT2D eigenvalue weighted by molar-refractivity contribution is -0.143. The molecular weight excluding hydrogens is 349 g/mol. The number of hydrogen-bond donors (Lipinski definition) is 0. The molecule has 1 aliphatic rings. The summed E-state index contributed by atoms with van der Waals surface area (Å²) in [4.78, 5) is 14.7. The molecule has 126 valence electrons. The van der Waals surface area contributed by atoms with Crippen molar-refractivity contribution < 1.29 is 14.3 Å². The van der Waals surface area contributed by atoms with Crippen LogP contribution in [0.1, 0.15) is 11.7 Å². The van der Waals surface area contributed by atoms with Crippen LogP contribution in [0.3, 0.4) is 0 Å². The summed E-state index contributed by atoms with van der Waals surface area (Å²) < 4.78 is 11.3. The lowest BCUT2D eigenvalue weighted by Gasteiger charge is -2.30. The van der Waals surface area contributed by atoms with E-state index in [4.69, 9.17) is 32.7 Å². The highest BCUT2D eigenvalue weighted by Gasteiger charge is 2.29. The third kappa shape index (κ3) is 4.01. The second-order valence-electron chi connectivity index (χ2n) is 5.42. The minimum absolute atomic E-state index is 0.111. The minimum Gasteiger partial charge on any atom is -0.474 e. The fourth-order valence-electron chi connectivity index (χ4n) is 2.53. The molecule has 0 bridgehead atoms. The van der Waals surface area contributed by atoms with E-state index in [0.717, 1.165) is 5.56 Å². The Morgan fingerprint density at radius 3 is 2.50 bits per heavy atom. The Labute approximate surface area is 150 Å². The predicted molar refractivity (Wildman–Crippen MR) is 93.7 cm³/mol. The molecule has 1 aliphatic heterocycles. The molecule has 1 saturated heterocycles. The quantitative estimate of drug-likeness (QED) is 0.822. The molecule has 0 spiro atoms. The standard InChI is InChI=1S/C18H17Cl2NO3/c19-14-6-7-15(20)16(12-14)24-17(13-4-2-1-3-5-13)18(22)21-8-10-23-11-9-21/h1-7,12,17H,8-11H2/t17-/m0/s1. The smallest absolute Gasteiger partial charge is 0.268 e. The summed E-state index contributed by atoms with van der Waals surface area (Å²) >= 11 is 12.2. The molecule has 0 aromatic heterocycles. The summed E-state index contributed by atoms with van der Waals surface area (Å²) in [6.07, 6.45) is -0.778. The van der Waals surface area contributed by atoms with Gasteiger partial charge in [-0.05, 0) is 12.1 Å². The summed E-state index contributed by atoms with van der Waals surface area (Å²) in [6.45, 7) is 2.17. The van der Waals surface area contributed by atoms with Gasteiger partial charge in [0.1, 0.15) is 5.75 Å². The normalized spacial score (nSPS) is 15.8. The molecule has 0 aliphatic carbocycles. The summed E-state index contributed by atoms with van der Waals surface area (Å²) in [5.74, 6) is 0.278. The maximum absolute atomic E-state index is 13.0. The van der Waals surface area contributed by atoms with Crippen molar-refractivity contribution >= 4 is 29.1 Å². The minimum atomic E-state index is -0.778.